The standard InChI is InChI=1S/C12H12F3NO6S/c1-7(2)22-11(17)6-21-10-4-3-8(5-9(10)16(18)19)23(20)12(13,14)15/h3-5,7H,6H2,1-2H3. The summed E-state index contributed by atoms with van der Waals surface area (Å²) >= 11 is 0. The molecular weight excluding hydrogens is 343 g/mol. The summed E-state index contributed by atoms with van der Waals surface area (Å²) in [4.78, 5) is 20.4. The van der Waals surface area contributed by atoms with Gasteiger partial charge in [-0.25, -0.2) is 9.00 Å². The van der Waals surface area contributed by atoms with Crippen molar-refractivity contribution in [3.8, 4) is 5.75 Å². The molecule has 128 valence electrons. The molecule has 0 spiro atoms. The Balaban J connectivity index is 3.00. The lowest BCUT2D eigenvalue weighted by Gasteiger charge is -2.10. The maximum atomic E-state index is 12.4. The first kappa shape index (κ1) is 18.9. The number of rotatable bonds is 6. The zero-order chi connectivity index (χ0) is 17.8. The summed E-state index contributed by atoms with van der Waals surface area (Å²) < 4.78 is 58.0. The molecule has 0 aliphatic carbocycles. The Morgan fingerprint density at radius 2 is 2.00 bits per heavy atom. The Kier molecular flexibility index (Phi) is 6.07. The maximum absolute atomic E-state index is 12.4. The van der Waals surface area contributed by atoms with Gasteiger partial charge in [0.05, 0.1) is 15.9 Å². The Labute approximate surface area is 131 Å². The van der Waals surface area contributed by atoms with Crippen molar-refractivity contribution >= 4 is 22.5 Å². The summed E-state index contributed by atoms with van der Waals surface area (Å²) in [5, 5.41) is 10.9. The van der Waals surface area contributed by atoms with Gasteiger partial charge in [0.15, 0.2) is 23.2 Å². The van der Waals surface area contributed by atoms with Crippen molar-refractivity contribution in [2.75, 3.05) is 6.61 Å². The van der Waals surface area contributed by atoms with Crippen LogP contribution in [0.25, 0.3) is 0 Å². The molecule has 0 aliphatic rings. The van der Waals surface area contributed by atoms with Crippen LogP contribution in [0.2, 0.25) is 0 Å². The quantitative estimate of drug-likeness (QED) is 0.442. The van der Waals surface area contributed by atoms with E-state index >= 15 is 0 Å². The van der Waals surface area contributed by atoms with Gasteiger partial charge in [-0.2, -0.15) is 13.2 Å². The monoisotopic (exact) mass is 355 g/mol. The van der Waals surface area contributed by atoms with Gasteiger partial charge in [0, 0.05) is 6.07 Å². The molecule has 0 saturated heterocycles. The van der Waals surface area contributed by atoms with Crippen LogP contribution in [0.1, 0.15) is 13.8 Å². The van der Waals surface area contributed by atoms with E-state index in [1.165, 1.54) is 0 Å². The van der Waals surface area contributed by atoms with Gasteiger partial charge in [-0.3, -0.25) is 10.1 Å². The Bertz CT molecular complexity index is 632. The predicted octanol–water partition coefficient (Wildman–Crippen LogP) is 2.55. The summed E-state index contributed by atoms with van der Waals surface area (Å²) in [5.41, 5.74) is -5.88. The largest absolute Gasteiger partial charge is 0.475 e. The number of carbonyl (C=O) groups excluding carboxylic acids is 1. The van der Waals surface area contributed by atoms with E-state index in [2.05, 4.69) is 0 Å². The van der Waals surface area contributed by atoms with Gasteiger partial charge < -0.3 is 9.47 Å². The fourth-order valence-corrected chi connectivity index (χ4v) is 2.12. The highest BCUT2D eigenvalue weighted by atomic mass is 32.2. The first-order valence-corrected chi connectivity index (χ1v) is 7.26. The number of nitrogens with zero attached hydrogens (tertiary/aromatic N) is 1. The average molecular weight is 355 g/mol. The van der Waals surface area contributed by atoms with Gasteiger partial charge in [0.2, 0.25) is 0 Å². The molecule has 1 rings (SSSR count). The third-order valence-electron chi connectivity index (χ3n) is 2.26. The van der Waals surface area contributed by atoms with Crippen LogP contribution >= 0.6 is 0 Å². The molecule has 0 saturated carbocycles. The molecule has 1 aromatic rings. The molecule has 0 bridgehead atoms. The number of esters is 1. The van der Waals surface area contributed by atoms with Gasteiger partial charge in [0.25, 0.3) is 0 Å². The summed E-state index contributed by atoms with van der Waals surface area (Å²) in [6, 6.07) is 2.12. The van der Waals surface area contributed by atoms with Gasteiger partial charge in [-0.05, 0) is 26.0 Å². The lowest BCUT2D eigenvalue weighted by atomic mass is 10.3. The molecule has 0 heterocycles. The minimum absolute atomic E-state index is 0.419. The van der Waals surface area contributed by atoms with Crippen LogP contribution in [0.4, 0.5) is 18.9 Å². The number of ether oxygens (including phenoxy) is 2. The fourth-order valence-electron chi connectivity index (χ4n) is 1.44. The number of nitro benzene ring substituents is 1. The van der Waals surface area contributed by atoms with Crippen LogP contribution in [-0.2, 0) is 20.3 Å². The van der Waals surface area contributed by atoms with Gasteiger partial charge >= 0.3 is 17.2 Å². The molecule has 1 atom stereocenters. The van der Waals surface area contributed by atoms with E-state index in [1.807, 2.05) is 0 Å². The van der Waals surface area contributed by atoms with Crippen molar-refractivity contribution in [2.24, 2.45) is 0 Å². The molecule has 0 N–H and O–H groups in total. The van der Waals surface area contributed by atoms with Crippen LogP contribution < -0.4 is 4.74 Å². The Morgan fingerprint density at radius 1 is 1.39 bits per heavy atom. The average Bonchev–Trinajstić information content (AvgIpc) is 2.42. The second-order valence-corrected chi connectivity index (χ2v) is 5.90. The zero-order valence-electron chi connectivity index (χ0n) is 12.0. The van der Waals surface area contributed by atoms with E-state index in [0.29, 0.717) is 6.07 Å². The van der Waals surface area contributed by atoms with Crippen molar-refractivity contribution in [2.45, 2.75) is 30.4 Å². The van der Waals surface area contributed by atoms with Crippen molar-refractivity contribution in [3.05, 3.63) is 28.3 Å². The summed E-state index contributed by atoms with van der Waals surface area (Å²) in [6.45, 7) is 2.52. The van der Waals surface area contributed by atoms with Crippen LogP contribution in [0.3, 0.4) is 0 Å². The van der Waals surface area contributed by atoms with Gasteiger partial charge in [-0.1, -0.05) is 0 Å². The lowest BCUT2D eigenvalue weighted by molar-refractivity contribution is -0.386. The fraction of sp³-hybridized carbons (Fsp3) is 0.417. The number of benzene rings is 1. The first-order chi connectivity index (χ1) is 10.5. The second kappa shape index (κ2) is 7.40. The number of halogens is 3. The maximum Gasteiger partial charge on any atom is 0.475 e. The molecule has 0 amide bonds. The van der Waals surface area contributed by atoms with Crippen LogP contribution in [0, 0.1) is 10.1 Å². The third kappa shape index (κ3) is 5.51. The van der Waals surface area contributed by atoms with Gasteiger partial charge in [-0.15, -0.1) is 0 Å². The van der Waals surface area contributed by atoms with Gasteiger partial charge in [0.1, 0.15) is 0 Å². The molecule has 1 unspecified atom stereocenters. The molecule has 23 heavy (non-hydrogen) atoms. The Hall–Kier alpha value is -2.17. The SMILES string of the molecule is CC(C)OC(=O)COc1ccc(S(=O)C(F)(F)F)cc1[N+](=O)[O-]. The molecule has 0 aliphatic heterocycles. The van der Waals surface area contributed by atoms with Crippen molar-refractivity contribution in [1.82, 2.24) is 0 Å². The molecule has 1 aromatic carbocycles. The van der Waals surface area contributed by atoms with E-state index < -0.39 is 56.2 Å². The minimum Gasteiger partial charge on any atom is -0.475 e. The van der Waals surface area contributed by atoms with Crippen LogP contribution in [-0.4, -0.2) is 33.3 Å². The normalized spacial score (nSPS) is 12.8. The van der Waals surface area contributed by atoms with E-state index in [0.717, 1.165) is 12.1 Å². The number of alkyl halides is 3. The number of hydrogen-bond acceptors (Lipinski definition) is 6. The second-order valence-electron chi connectivity index (χ2n) is 4.43. The molecule has 0 radical (unpaired) electrons. The highest BCUT2D eigenvalue weighted by Crippen LogP contribution is 2.33. The van der Waals surface area contributed by atoms with E-state index in [4.69, 9.17) is 9.47 Å². The van der Waals surface area contributed by atoms with E-state index in [-0.39, 0.29) is 0 Å². The summed E-state index contributed by atoms with van der Waals surface area (Å²) in [7, 11) is -3.41. The van der Waals surface area contributed by atoms with Crippen molar-refractivity contribution < 1.29 is 36.6 Å². The van der Waals surface area contributed by atoms with E-state index in [9.17, 15) is 32.3 Å². The highest BCUT2D eigenvalue weighted by Gasteiger charge is 2.39. The first-order valence-electron chi connectivity index (χ1n) is 6.11. The smallest absolute Gasteiger partial charge is 0.475 e. The number of hydrogen-bond donors (Lipinski definition) is 0. The van der Waals surface area contributed by atoms with Crippen molar-refractivity contribution in [1.29, 1.82) is 0 Å². The number of carbonyl (C=O) groups is 1. The topological polar surface area (TPSA) is 95.7 Å². The Morgan fingerprint density at radius 3 is 2.48 bits per heavy atom. The summed E-state index contributed by atoms with van der Waals surface area (Å²) in [6.07, 6.45) is -0.419. The number of nitro groups is 1. The van der Waals surface area contributed by atoms with Crippen LogP contribution in [0.5, 0.6) is 5.75 Å². The third-order valence-corrected chi connectivity index (χ3v) is 3.37. The zero-order valence-corrected chi connectivity index (χ0v) is 12.8. The predicted molar refractivity (Wildman–Crippen MR) is 72.3 cm³/mol. The van der Waals surface area contributed by atoms with Crippen LogP contribution in [0.15, 0.2) is 23.1 Å². The highest BCUT2D eigenvalue weighted by molar-refractivity contribution is 7.86. The molecule has 0 fully saturated rings. The summed E-state index contributed by atoms with van der Waals surface area (Å²) in [5.74, 6) is -1.23. The molecule has 0 aromatic heterocycles. The van der Waals surface area contributed by atoms with Crippen molar-refractivity contribution in [3.63, 3.8) is 0 Å². The lowest BCUT2D eigenvalue weighted by Crippen LogP contribution is -2.19. The molecular formula is C12H12F3NO6S. The molecule has 11 heteroatoms. The molecule has 7 nitrogen and oxygen atoms in total. The minimum atomic E-state index is -5.04. The van der Waals surface area contributed by atoms with E-state index in [1.54, 1.807) is 13.8 Å².